The van der Waals surface area contributed by atoms with E-state index in [0.717, 1.165) is 43.4 Å². The van der Waals surface area contributed by atoms with Crippen LogP contribution in [0.4, 0.5) is 0 Å². The molecular weight excluding hydrogens is 572 g/mol. The van der Waals surface area contributed by atoms with Crippen molar-refractivity contribution in [1.82, 2.24) is 20.9 Å². The number of hydrogen-bond acceptors (Lipinski definition) is 6. The van der Waals surface area contributed by atoms with Crippen molar-refractivity contribution < 1.29 is 28.7 Å². The zero-order valence-corrected chi connectivity index (χ0v) is 28.2. The van der Waals surface area contributed by atoms with E-state index in [1.807, 2.05) is 6.92 Å². The lowest BCUT2D eigenvalue weighted by molar-refractivity contribution is -0.161. The number of hydrogen-bond donors (Lipinski definition) is 3. The van der Waals surface area contributed by atoms with E-state index in [-0.39, 0.29) is 36.5 Å². The molecule has 0 aromatic rings. The van der Waals surface area contributed by atoms with Crippen molar-refractivity contribution >= 4 is 29.6 Å². The SMILES string of the molecule is C=C1/C=C/C(=O)N(C)CC(=O)N[C@@H](CC(=O)NC2CC2)C(=O)O[C@@H]([C@H](C)CCCCCCCCCCCCCC)[C@H](C)C(=O)N1. The zero-order valence-electron chi connectivity index (χ0n) is 28.2. The van der Waals surface area contributed by atoms with Crippen molar-refractivity contribution in [1.29, 1.82) is 0 Å². The number of esters is 1. The van der Waals surface area contributed by atoms with Gasteiger partial charge in [-0.2, -0.15) is 0 Å². The van der Waals surface area contributed by atoms with Gasteiger partial charge in [0.2, 0.25) is 23.6 Å². The summed E-state index contributed by atoms with van der Waals surface area (Å²) < 4.78 is 5.97. The Kier molecular flexibility index (Phi) is 17.6. The Labute approximate surface area is 270 Å². The highest BCUT2D eigenvalue weighted by Gasteiger charge is 2.36. The maximum absolute atomic E-state index is 13.5. The molecule has 1 aliphatic carbocycles. The monoisotopic (exact) mass is 630 g/mol. The van der Waals surface area contributed by atoms with Crippen LogP contribution in [0.25, 0.3) is 0 Å². The molecular formula is C35H58N4O6. The van der Waals surface area contributed by atoms with E-state index in [1.54, 1.807) is 6.92 Å². The fraction of sp³-hybridized carbons (Fsp3) is 0.743. The topological polar surface area (TPSA) is 134 Å². The summed E-state index contributed by atoms with van der Waals surface area (Å²) in [6, 6.07) is -1.17. The van der Waals surface area contributed by atoms with E-state index in [9.17, 15) is 24.0 Å². The molecule has 2 rings (SSSR count). The van der Waals surface area contributed by atoms with E-state index < -0.39 is 41.8 Å². The molecule has 45 heavy (non-hydrogen) atoms. The van der Waals surface area contributed by atoms with Gasteiger partial charge in [-0.05, 0) is 31.3 Å². The summed E-state index contributed by atoms with van der Waals surface area (Å²) in [5.74, 6) is -3.52. The molecule has 4 amide bonds. The van der Waals surface area contributed by atoms with Crippen molar-refractivity contribution in [3.8, 4) is 0 Å². The third-order valence-electron chi connectivity index (χ3n) is 8.65. The van der Waals surface area contributed by atoms with E-state index in [1.165, 1.54) is 77.0 Å². The second kappa shape index (κ2) is 20.8. The van der Waals surface area contributed by atoms with Gasteiger partial charge in [0.25, 0.3) is 0 Å². The molecule has 0 spiro atoms. The number of carbonyl (C=O) groups is 5. The molecule has 1 fully saturated rings. The average molecular weight is 631 g/mol. The fourth-order valence-corrected chi connectivity index (χ4v) is 5.59. The number of unbranched alkanes of at least 4 members (excludes halogenated alkanes) is 11. The highest BCUT2D eigenvalue weighted by molar-refractivity contribution is 5.94. The Balaban J connectivity index is 2.03. The molecule has 1 saturated carbocycles. The molecule has 0 aromatic carbocycles. The molecule has 0 unspecified atom stereocenters. The molecule has 0 radical (unpaired) electrons. The van der Waals surface area contributed by atoms with Crippen LogP contribution in [0.1, 0.15) is 124 Å². The minimum absolute atomic E-state index is 0.0853. The first-order valence-electron chi connectivity index (χ1n) is 17.2. The third kappa shape index (κ3) is 15.6. The lowest BCUT2D eigenvalue weighted by Gasteiger charge is -2.30. The molecule has 4 atom stereocenters. The molecule has 254 valence electrons. The summed E-state index contributed by atoms with van der Waals surface area (Å²) in [4.78, 5) is 65.9. The van der Waals surface area contributed by atoms with Crippen molar-refractivity contribution in [3.05, 3.63) is 24.4 Å². The molecule has 1 heterocycles. The zero-order chi connectivity index (χ0) is 33.2. The summed E-state index contributed by atoms with van der Waals surface area (Å²) in [6.07, 6.45) is 18.9. The lowest BCUT2D eigenvalue weighted by Crippen LogP contribution is -2.50. The minimum Gasteiger partial charge on any atom is -0.460 e. The molecule has 0 saturated heterocycles. The van der Waals surface area contributed by atoms with E-state index in [4.69, 9.17) is 4.74 Å². The Hall–Kier alpha value is -3.17. The quantitative estimate of drug-likeness (QED) is 0.152. The van der Waals surface area contributed by atoms with Gasteiger partial charge in [0.05, 0.1) is 18.9 Å². The number of nitrogens with zero attached hydrogens (tertiary/aromatic N) is 1. The molecule has 0 bridgehead atoms. The third-order valence-corrected chi connectivity index (χ3v) is 8.65. The summed E-state index contributed by atoms with van der Waals surface area (Å²) in [5, 5.41) is 8.13. The predicted octanol–water partition coefficient (Wildman–Crippen LogP) is 5.07. The van der Waals surface area contributed by atoms with Gasteiger partial charge < -0.3 is 25.6 Å². The Morgan fingerprint density at radius 3 is 2.13 bits per heavy atom. The Bertz CT molecular complexity index is 1020. The van der Waals surface area contributed by atoms with Crippen LogP contribution in [0.3, 0.4) is 0 Å². The van der Waals surface area contributed by atoms with Crippen LogP contribution in [-0.4, -0.2) is 66.3 Å². The number of rotatable bonds is 17. The molecule has 0 aromatic heterocycles. The Morgan fingerprint density at radius 2 is 1.56 bits per heavy atom. The van der Waals surface area contributed by atoms with Gasteiger partial charge in [-0.15, -0.1) is 0 Å². The lowest BCUT2D eigenvalue weighted by atomic mass is 9.88. The summed E-state index contributed by atoms with van der Waals surface area (Å²) in [5.41, 5.74) is 0.209. The number of amides is 4. The number of likely N-dealkylation sites (N-methyl/N-ethyl adjacent to an activating group) is 1. The van der Waals surface area contributed by atoms with Gasteiger partial charge in [0.15, 0.2) is 0 Å². The maximum Gasteiger partial charge on any atom is 0.329 e. The normalized spacial score (nSPS) is 23.3. The van der Waals surface area contributed by atoms with Gasteiger partial charge in [-0.3, -0.25) is 19.2 Å². The van der Waals surface area contributed by atoms with Crippen LogP contribution >= 0.6 is 0 Å². The molecule has 1 aliphatic heterocycles. The molecule has 10 heteroatoms. The van der Waals surface area contributed by atoms with E-state index >= 15 is 0 Å². The van der Waals surface area contributed by atoms with Crippen molar-refractivity contribution in [2.45, 2.75) is 142 Å². The summed E-state index contributed by atoms with van der Waals surface area (Å²) >= 11 is 0. The second-order valence-corrected chi connectivity index (χ2v) is 13.1. The standard InChI is InChI=1S/C35H58N4O6/c1-6-7-8-9-10-11-12-13-14-15-16-17-18-25(2)33-27(4)34(43)36-26(3)19-22-32(42)39(5)24-31(41)38-29(35(44)45-33)23-30(40)37-28-20-21-28/h19,22,25,27-29,33H,3,6-18,20-21,23-24H2,1-2,4-5H3,(H,36,43)(H,37,40)(H,38,41)/b22-19+/t25-,27+,29+,33+/m1/s1. The van der Waals surface area contributed by atoms with Crippen molar-refractivity contribution in [2.24, 2.45) is 11.8 Å². The van der Waals surface area contributed by atoms with Gasteiger partial charge in [0, 0.05) is 24.9 Å². The number of ether oxygens (including phenoxy) is 1. The number of cyclic esters (lactones) is 1. The largest absolute Gasteiger partial charge is 0.460 e. The first-order chi connectivity index (χ1) is 21.5. The minimum atomic E-state index is -1.26. The first kappa shape index (κ1) is 38.0. The van der Waals surface area contributed by atoms with Gasteiger partial charge in [-0.25, -0.2) is 4.79 Å². The number of carbonyl (C=O) groups excluding carboxylic acids is 5. The number of allylic oxidation sites excluding steroid dienone is 1. The van der Waals surface area contributed by atoms with Gasteiger partial charge in [-0.1, -0.05) is 104 Å². The molecule has 2 aliphatic rings. The van der Waals surface area contributed by atoms with Crippen LogP contribution in [0, 0.1) is 11.8 Å². The van der Waals surface area contributed by atoms with E-state index in [2.05, 4.69) is 29.5 Å². The second-order valence-electron chi connectivity index (χ2n) is 13.1. The fourth-order valence-electron chi connectivity index (χ4n) is 5.59. The van der Waals surface area contributed by atoms with Crippen LogP contribution in [-0.2, 0) is 28.7 Å². The van der Waals surface area contributed by atoms with Crippen LogP contribution in [0.2, 0.25) is 0 Å². The highest BCUT2D eigenvalue weighted by atomic mass is 16.5. The maximum atomic E-state index is 13.5. The van der Waals surface area contributed by atoms with Gasteiger partial charge in [0.1, 0.15) is 12.1 Å². The number of nitrogens with one attached hydrogen (secondary N) is 3. The van der Waals surface area contributed by atoms with Gasteiger partial charge >= 0.3 is 5.97 Å². The van der Waals surface area contributed by atoms with E-state index in [0.29, 0.717) is 0 Å². The summed E-state index contributed by atoms with van der Waals surface area (Å²) in [6.45, 7) is 9.37. The predicted molar refractivity (Wildman–Crippen MR) is 176 cm³/mol. The summed E-state index contributed by atoms with van der Waals surface area (Å²) in [7, 11) is 1.44. The van der Waals surface area contributed by atoms with Crippen molar-refractivity contribution in [3.63, 3.8) is 0 Å². The first-order valence-corrected chi connectivity index (χ1v) is 17.2. The average Bonchev–Trinajstić information content (AvgIpc) is 3.81. The molecule has 3 N–H and O–H groups in total. The molecule has 10 nitrogen and oxygen atoms in total. The highest BCUT2D eigenvalue weighted by Crippen LogP contribution is 2.25. The van der Waals surface area contributed by atoms with Crippen LogP contribution in [0.15, 0.2) is 24.4 Å². The Morgan fingerprint density at radius 1 is 0.978 bits per heavy atom. The van der Waals surface area contributed by atoms with Crippen molar-refractivity contribution in [2.75, 3.05) is 13.6 Å². The van der Waals surface area contributed by atoms with Crippen LogP contribution in [0.5, 0.6) is 0 Å². The van der Waals surface area contributed by atoms with Crippen LogP contribution < -0.4 is 16.0 Å². The smallest absolute Gasteiger partial charge is 0.329 e.